The summed E-state index contributed by atoms with van der Waals surface area (Å²) in [5.74, 6) is -0.642. The van der Waals surface area contributed by atoms with Gasteiger partial charge in [-0.25, -0.2) is 4.39 Å². The summed E-state index contributed by atoms with van der Waals surface area (Å²) in [7, 11) is 3.08. The highest BCUT2D eigenvalue weighted by molar-refractivity contribution is 5.59. The van der Waals surface area contributed by atoms with E-state index in [9.17, 15) is 14.5 Å². The van der Waals surface area contributed by atoms with Gasteiger partial charge in [0.05, 0.1) is 23.8 Å². The first-order chi connectivity index (χ1) is 8.10. The van der Waals surface area contributed by atoms with Crippen LogP contribution in [0, 0.1) is 15.9 Å². The van der Waals surface area contributed by atoms with Gasteiger partial charge in [0.1, 0.15) is 0 Å². The van der Waals surface area contributed by atoms with Crippen molar-refractivity contribution in [1.82, 2.24) is 5.32 Å². The predicted molar refractivity (Wildman–Crippen MR) is 62.0 cm³/mol. The molecule has 0 spiro atoms. The highest BCUT2D eigenvalue weighted by Gasteiger charge is 2.18. The quantitative estimate of drug-likeness (QED) is 0.448. The minimum atomic E-state index is -0.681. The van der Waals surface area contributed by atoms with Gasteiger partial charge in [0.25, 0.3) is 0 Å². The Labute approximate surface area is 97.9 Å². The summed E-state index contributed by atoms with van der Waals surface area (Å²) in [6.07, 6.45) is 0. The van der Waals surface area contributed by atoms with E-state index in [0.717, 1.165) is 6.07 Å². The van der Waals surface area contributed by atoms with Crippen molar-refractivity contribution in [1.29, 1.82) is 0 Å². The minimum Gasteiger partial charge on any atom is -0.490 e. The Morgan fingerprint density at radius 3 is 2.71 bits per heavy atom. The molecule has 0 atom stereocenters. The summed E-state index contributed by atoms with van der Waals surface area (Å²) in [6, 6.07) is 2.13. The number of halogens is 1. The third kappa shape index (κ3) is 3.28. The van der Waals surface area contributed by atoms with Gasteiger partial charge < -0.3 is 15.4 Å². The van der Waals surface area contributed by atoms with Gasteiger partial charge in [0.2, 0.25) is 0 Å². The van der Waals surface area contributed by atoms with Gasteiger partial charge in [0, 0.05) is 19.2 Å². The Hall–Kier alpha value is -1.89. The summed E-state index contributed by atoms with van der Waals surface area (Å²) in [6.45, 7) is 1.16. The first-order valence-corrected chi connectivity index (χ1v) is 5.00. The van der Waals surface area contributed by atoms with E-state index >= 15 is 0 Å². The summed E-state index contributed by atoms with van der Waals surface area (Å²) >= 11 is 0. The topological polar surface area (TPSA) is 76.4 Å². The molecule has 17 heavy (non-hydrogen) atoms. The van der Waals surface area contributed by atoms with Crippen LogP contribution in [0.1, 0.15) is 0 Å². The molecule has 0 aliphatic carbocycles. The van der Waals surface area contributed by atoms with Crippen LogP contribution in [0.25, 0.3) is 0 Å². The molecule has 0 amide bonds. The van der Waals surface area contributed by atoms with E-state index in [1.54, 1.807) is 7.05 Å². The number of methoxy groups -OCH3 is 1. The molecule has 94 valence electrons. The van der Waals surface area contributed by atoms with Gasteiger partial charge in [-0.1, -0.05) is 0 Å². The van der Waals surface area contributed by atoms with Crippen molar-refractivity contribution in [3.05, 3.63) is 28.1 Å². The summed E-state index contributed by atoms with van der Waals surface area (Å²) in [4.78, 5) is 9.95. The molecule has 0 aromatic heterocycles. The van der Waals surface area contributed by atoms with E-state index in [1.165, 1.54) is 13.2 Å². The average molecular weight is 243 g/mol. The van der Waals surface area contributed by atoms with Crippen LogP contribution >= 0.6 is 0 Å². The van der Waals surface area contributed by atoms with Crippen molar-refractivity contribution in [2.45, 2.75) is 0 Å². The molecule has 0 heterocycles. The lowest BCUT2D eigenvalue weighted by atomic mass is 10.2. The largest absolute Gasteiger partial charge is 0.490 e. The molecule has 1 rings (SSSR count). The third-order valence-electron chi connectivity index (χ3n) is 2.16. The van der Waals surface area contributed by atoms with Crippen LogP contribution in [-0.4, -0.2) is 32.2 Å². The zero-order valence-corrected chi connectivity index (χ0v) is 9.62. The summed E-state index contributed by atoms with van der Waals surface area (Å²) < 4.78 is 18.4. The molecule has 2 N–H and O–H groups in total. The molecule has 0 radical (unpaired) electrons. The minimum absolute atomic E-state index is 0.0309. The Morgan fingerprint density at radius 2 is 2.18 bits per heavy atom. The van der Waals surface area contributed by atoms with Crippen LogP contribution in [-0.2, 0) is 0 Å². The number of anilines is 1. The normalized spacial score (nSPS) is 10.1. The van der Waals surface area contributed by atoms with Gasteiger partial charge in [0.15, 0.2) is 11.6 Å². The number of hydrogen-bond donors (Lipinski definition) is 2. The molecule has 0 unspecified atom stereocenters. The van der Waals surface area contributed by atoms with Crippen molar-refractivity contribution in [2.75, 3.05) is 32.6 Å². The smallest absolute Gasteiger partial charge is 0.313 e. The van der Waals surface area contributed by atoms with E-state index in [0.29, 0.717) is 13.1 Å². The van der Waals surface area contributed by atoms with Gasteiger partial charge >= 0.3 is 5.69 Å². The second-order valence-electron chi connectivity index (χ2n) is 3.29. The number of ether oxygens (including phenoxy) is 1. The van der Waals surface area contributed by atoms with Crippen molar-refractivity contribution in [2.24, 2.45) is 0 Å². The van der Waals surface area contributed by atoms with E-state index in [4.69, 9.17) is 4.74 Å². The molecule has 0 saturated heterocycles. The molecule has 1 aromatic carbocycles. The van der Waals surface area contributed by atoms with Gasteiger partial charge in [-0.3, -0.25) is 10.1 Å². The Kier molecular flexibility index (Phi) is 4.65. The SMILES string of the molecule is CNCCNc1cc(OC)c([N+](=O)[O-])cc1F. The highest BCUT2D eigenvalue weighted by Crippen LogP contribution is 2.31. The monoisotopic (exact) mass is 243 g/mol. The number of nitrogens with one attached hydrogen (secondary N) is 2. The van der Waals surface area contributed by atoms with Crippen molar-refractivity contribution in [3.63, 3.8) is 0 Å². The fraction of sp³-hybridized carbons (Fsp3) is 0.400. The lowest BCUT2D eigenvalue weighted by Crippen LogP contribution is -2.18. The number of nitrogens with zero attached hydrogens (tertiary/aromatic N) is 1. The fourth-order valence-corrected chi connectivity index (χ4v) is 1.31. The van der Waals surface area contributed by atoms with Crippen LogP contribution in [0.4, 0.5) is 15.8 Å². The van der Waals surface area contributed by atoms with E-state index < -0.39 is 10.7 Å². The van der Waals surface area contributed by atoms with Crippen molar-refractivity contribution >= 4 is 11.4 Å². The van der Waals surface area contributed by atoms with Crippen molar-refractivity contribution in [3.8, 4) is 5.75 Å². The lowest BCUT2D eigenvalue weighted by Gasteiger charge is -2.09. The molecule has 6 nitrogen and oxygen atoms in total. The number of nitro benzene ring substituents is 1. The molecule has 0 saturated carbocycles. The van der Waals surface area contributed by atoms with Crippen LogP contribution in [0.2, 0.25) is 0 Å². The average Bonchev–Trinajstić information content (AvgIpc) is 2.30. The van der Waals surface area contributed by atoms with E-state index in [1.807, 2.05) is 0 Å². The first kappa shape index (κ1) is 13.2. The maximum absolute atomic E-state index is 13.5. The first-order valence-electron chi connectivity index (χ1n) is 5.00. The second-order valence-corrected chi connectivity index (χ2v) is 3.29. The van der Waals surface area contributed by atoms with Crippen LogP contribution in [0.15, 0.2) is 12.1 Å². The Balaban J connectivity index is 2.96. The molecule has 0 aliphatic rings. The fourth-order valence-electron chi connectivity index (χ4n) is 1.31. The standard InChI is InChI=1S/C10H14FN3O3/c1-12-3-4-13-8-6-10(17-2)9(14(15)16)5-7(8)11/h5-6,12-13H,3-4H2,1-2H3. The number of hydrogen-bond acceptors (Lipinski definition) is 5. The molecular formula is C10H14FN3O3. The second kappa shape index (κ2) is 6.00. The van der Waals surface area contributed by atoms with E-state index in [2.05, 4.69) is 10.6 Å². The molecule has 0 bridgehead atoms. The van der Waals surface area contributed by atoms with Crippen LogP contribution in [0.3, 0.4) is 0 Å². The van der Waals surface area contributed by atoms with Gasteiger partial charge in [-0.15, -0.1) is 0 Å². The summed E-state index contributed by atoms with van der Waals surface area (Å²) in [5.41, 5.74) is -0.202. The zero-order valence-electron chi connectivity index (χ0n) is 9.62. The third-order valence-corrected chi connectivity index (χ3v) is 2.16. The number of rotatable bonds is 6. The number of nitro groups is 1. The summed E-state index contributed by atoms with van der Waals surface area (Å²) in [5, 5.41) is 16.3. The van der Waals surface area contributed by atoms with Gasteiger partial charge in [-0.2, -0.15) is 0 Å². The van der Waals surface area contributed by atoms with Crippen LogP contribution < -0.4 is 15.4 Å². The van der Waals surface area contributed by atoms with Gasteiger partial charge in [-0.05, 0) is 7.05 Å². The van der Waals surface area contributed by atoms with Crippen molar-refractivity contribution < 1.29 is 14.1 Å². The van der Waals surface area contributed by atoms with Crippen LogP contribution in [0.5, 0.6) is 5.75 Å². The Bertz CT molecular complexity index is 412. The lowest BCUT2D eigenvalue weighted by molar-refractivity contribution is -0.385. The number of likely N-dealkylation sites (N-methyl/N-ethyl adjacent to an activating group) is 1. The van der Waals surface area contributed by atoms with E-state index in [-0.39, 0.29) is 17.1 Å². The maximum Gasteiger partial charge on any atom is 0.313 e. The molecular weight excluding hydrogens is 229 g/mol. The number of benzene rings is 1. The molecule has 7 heteroatoms. The molecule has 0 fully saturated rings. The predicted octanol–water partition coefficient (Wildman–Crippen LogP) is 1.37. The highest BCUT2D eigenvalue weighted by atomic mass is 19.1. The molecule has 0 aliphatic heterocycles. The Morgan fingerprint density at radius 1 is 1.47 bits per heavy atom. The molecule has 1 aromatic rings. The zero-order chi connectivity index (χ0) is 12.8. The maximum atomic E-state index is 13.5.